The molecule has 1 atom stereocenters. The standard InChI is InChI=1S/C33H36F3N11O4S/c1-45(52(2,50)51)30-27(37-11-12-38-30)19-40-29-26(33(34,35)36)18-41-32(44-29)42-22-5-7-24(8-6-22)47-15-13-46(14-16-47)20-23-4-3-21(17-39-23)25-9-10-28(48)43-31(25)49/h3-8,11-12,17-18,25H,9-10,13-16,19-20H2,1-2H3,(H,43,48,49)(H2,40,41,42,44). The van der Waals surface area contributed by atoms with Crippen molar-refractivity contribution < 1.29 is 31.2 Å². The molecule has 3 N–H and O–H groups in total. The van der Waals surface area contributed by atoms with Crippen molar-refractivity contribution in [3.8, 4) is 0 Å². The molecule has 0 saturated carbocycles. The topological polar surface area (TPSA) is 179 Å². The number of alkyl halides is 3. The van der Waals surface area contributed by atoms with E-state index in [1.807, 2.05) is 24.3 Å². The zero-order valence-electron chi connectivity index (χ0n) is 28.3. The third kappa shape index (κ3) is 8.71. The van der Waals surface area contributed by atoms with E-state index in [1.165, 1.54) is 19.4 Å². The summed E-state index contributed by atoms with van der Waals surface area (Å²) in [4.78, 5) is 48.8. The van der Waals surface area contributed by atoms with Gasteiger partial charge in [-0.05, 0) is 42.3 Å². The number of sulfonamides is 1. The Bertz CT molecular complexity index is 2030. The van der Waals surface area contributed by atoms with Gasteiger partial charge in [0.25, 0.3) is 0 Å². The van der Waals surface area contributed by atoms with Gasteiger partial charge in [0.2, 0.25) is 27.8 Å². The molecule has 274 valence electrons. The summed E-state index contributed by atoms with van der Waals surface area (Å²) in [7, 11) is -2.43. The number of piperidine rings is 1. The Morgan fingerprint density at radius 3 is 2.35 bits per heavy atom. The number of anilines is 5. The molecule has 3 aromatic heterocycles. The second-order valence-electron chi connectivity index (χ2n) is 12.4. The first-order chi connectivity index (χ1) is 24.7. The first-order valence-electron chi connectivity index (χ1n) is 16.3. The molecule has 2 aliphatic heterocycles. The molecule has 19 heteroatoms. The highest BCUT2D eigenvalue weighted by Crippen LogP contribution is 2.35. The van der Waals surface area contributed by atoms with Gasteiger partial charge in [0, 0.05) is 82.4 Å². The second kappa shape index (κ2) is 15.0. The first-order valence-corrected chi connectivity index (χ1v) is 18.1. The maximum atomic E-state index is 13.9. The number of halogens is 3. The van der Waals surface area contributed by atoms with Crippen molar-refractivity contribution in [2.45, 2.75) is 38.0 Å². The Labute approximate surface area is 297 Å². The molecule has 0 aliphatic carbocycles. The Balaban J connectivity index is 1.05. The van der Waals surface area contributed by atoms with Gasteiger partial charge in [-0.15, -0.1) is 0 Å². The molecule has 0 spiro atoms. The van der Waals surface area contributed by atoms with Crippen LogP contribution in [-0.2, 0) is 38.9 Å². The fourth-order valence-electron chi connectivity index (χ4n) is 5.88. The minimum Gasteiger partial charge on any atom is -0.369 e. The number of hydrogen-bond acceptors (Lipinski definition) is 13. The highest BCUT2D eigenvalue weighted by molar-refractivity contribution is 7.92. The van der Waals surface area contributed by atoms with E-state index in [1.54, 1.807) is 18.3 Å². The van der Waals surface area contributed by atoms with E-state index in [-0.39, 0.29) is 41.7 Å². The van der Waals surface area contributed by atoms with Gasteiger partial charge in [0.05, 0.1) is 24.4 Å². The van der Waals surface area contributed by atoms with E-state index in [4.69, 9.17) is 0 Å². The summed E-state index contributed by atoms with van der Waals surface area (Å²) >= 11 is 0. The van der Waals surface area contributed by atoms with Crippen LogP contribution in [0, 0.1) is 0 Å². The Morgan fingerprint density at radius 2 is 1.69 bits per heavy atom. The number of carbonyl (C=O) groups is 2. The number of nitrogens with one attached hydrogen (secondary N) is 3. The Hall–Kier alpha value is -5.43. The van der Waals surface area contributed by atoms with Gasteiger partial charge < -0.3 is 15.5 Å². The third-order valence-electron chi connectivity index (χ3n) is 8.80. The number of amides is 2. The quantitative estimate of drug-likeness (QED) is 0.191. The molecule has 4 aromatic rings. The fourth-order valence-corrected chi connectivity index (χ4v) is 6.35. The lowest BCUT2D eigenvalue weighted by Crippen LogP contribution is -2.46. The van der Waals surface area contributed by atoms with Crippen LogP contribution in [0.4, 0.5) is 42.1 Å². The van der Waals surface area contributed by atoms with Crippen LogP contribution < -0.4 is 25.2 Å². The van der Waals surface area contributed by atoms with Crippen molar-refractivity contribution in [3.63, 3.8) is 0 Å². The summed E-state index contributed by atoms with van der Waals surface area (Å²) in [5.41, 5.74) is 2.23. The van der Waals surface area contributed by atoms with Crippen LogP contribution in [0.15, 0.2) is 61.2 Å². The summed E-state index contributed by atoms with van der Waals surface area (Å²) in [5.74, 6) is -1.52. The predicted octanol–water partition coefficient (Wildman–Crippen LogP) is 3.27. The monoisotopic (exact) mass is 739 g/mol. The van der Waals surface area contributed by atoms with E-state index in [9.17, 15) is 31.2 Å². The lowest BCUT2D eigenvalue weighted by Gasteiger charge is -2.36. The smallest absolute Gasteiger partial charge is 0.369 e. The highest BCUT2D eigenvalue weighted by atomic mass is 32.2. The van der Waals surface area contributed by atoms with Crippen molar-refractivity contribution in [1.82, 2.24) is 35.1 Å². The number of nitrogens with zero attached hydrogens (tertiary/aromatic N) is 8. The number of carbonyl (C=O) groups excluding carboxylic acids is 2. The van der Waals surface area contributed by atoms with Crippen molar-refractivity contribution in [3.05, 3.63) is 83.7 Å². The average Bonchev–Trinajstić information content (AvgIpc) is 3.11. The molecular weight excluding hydrogens is 703 g/mol. The minimum absolute atomic E-state index is 0.0321. The fraction of sp³-hybridized carbons (Fsp3) is 0.364. The summed E-state index contributed by atoms with van der Waals surface area (Å²) in [6.45, 7) is 3.50. The molecule has 15 nitrogen and oxygen atoms in total. The maximum Gasteiger partial charge on any atom is 0.421 e. The van der Waals surface area contributed by atoms with Crippen molar-refractivity contribution in [1.29, 1.82) is 0 Å². The van der Waals surface area contributed by atoms with Gasteiger partial charge in [-0.3, -0.25) is 34.1 Å². The highest BCUT2D eigenvalue weighted by Gasteiger charge is 2.35. The molecule has 1 aromatic carbocycles. The lowest BCUT2D eigenvalue weighted by molar-refractivity contribution is -0.137. The number of benzene rings is 1. The molecule has 0 radical (unpaired) electrons. The SMILES string of the molecule is CN(c1nccnc1CNc1nc(Nc2ccc(N3CCN(Cc4ccc(C5CCC(=O)NC5=O)cn4)CC3)cc2)ncc1C(F)(F)F)S(C)(=O)=O. The molecule has 0 bridgehead atoms. The van der Waals surface area contributed by atoms with Gasteiger partial charge in [-0.2, -0.15) is 18.2 Å². The number of piperazine rings is 1. The van der Waals surface area contributed by atoms with Crippen LogP contribution in [0.3, 0.4) is 0 Å². The van der Waals surface area contributed by atoms with Crippen LogP contribution in [0.2, 0.25) is 0 Å². The van der Waals surface area contributed by atoms with E-state index >= 15 is 0 Å². The van der Waals surface area contributed by atoms with Gasteiger partial charge in [0.1, 0.15) is 17.1 Å². The van der Waals surface area contributed by atoms with Gasteiger partial charge >= 0.3 is 6.18 Å². The third-order valence-corrected chi connectivity index (χ3v) is 9.97. The molecule has 2 fully saturated rings. The number of hydrogen-bond donors (Lipinski definition) is 3. The van der Waals surface area contributed by atoms with Crippen molar-refractivity contribution in [2.75, 3.05) is 59.3 Å². The second-order valence-corrected chi connectivity index (χ2v) is 14.4. The molecule has 52 heavy (non-hydrogen) atoms. The van der Waals surface area contributed by atoms with Gasteiger partial charge in [-0.25, -0.2) is 18.4 Å². The average molecular weight is 740 g/mol. The maximum absolute atomic E-state index is 13.9. The lowest BCUT2D eigenvalue weighted by atomic mass is 9.91. The van der Waals surface area contributed by atoms with Crippen LogP contribution in [0.5, 0.6) is 0 Å². The molecule has 5 heterocycles. The molecule has 1 unspecified atom stereocenters. The zero-order valence-corrected chi connectivity index (χ0v) is 29.1. The van der Waals surface area contributed by atoms with Gasteiger partial charge in [0.15, 0.2) is 5.82 Å². The van der Waals surface area contributed by atoms with E-state index in [0.29, 0.717) is 31.3 Å². The first kappa shape index (κ1) is 36.4. The largest absolute Gasteiger partial charge is 0.421 e. The van der Waals surface area contributed by atoms with Crippen LogP contribution in [0.1, 0.15) is 41.3 Å². The summed E-state index contributed by atoms with van der Waals surface area (Å²) in [5, 5.41) is 7.95. The summed E-state index contributed by atoms with van der Waals surface area (Å²) in [6, 6.07) is 11.2. The van der Waals surface area contributed by atoms with Crippen molar-refractivity contribution in [2.24, 2.45) is 0 Å². The number of imide groups is 1. The van der Waals surface area contributed by atoms with Crippen LogP contribution in [-0.4, -0.2) is 89.5 Å². The van der Waals surface area contributed by atoms with Crippen LogP contribution in [0.25, 0.3) is 0 Å². The molecule has 6 rings (SSSR count). The molecule has 2 saturated heterocycles. The number of rotatable bonds is 11. The zero-order chi connectivity index (χ0) is 37.0. The predicted molar refractivity (Wildman–Crippen MR) is 186 cm³/mol. The Morgan fingerprint density at radius 1 is 0.962 bits per heavy atom. The van der Waals surface area contributed by atoms with E-state index < -0.39 is 27.6 Å². The minimum atomic E-state index is -4.76. The number of aromatic nitrogens is 5. The molecular formula is C33H36F3N11O4S. The molecule has 2 amide bonds. The van der Waals surface area contributed by atoms with Gasteiger partial charge in [-0.1, -0.05) is 6.07 Å². The summed E-state index contributed by atoms with van der Waals surface area (Å²) < 4.78 is 66.6. The normalized spacial score (nSPS) is 17.1. The van der Waals surface area contributed by atoms with Crippen LogP contribution >= 0.6 is 0 Å². The van der Waals surface area contributed by atoms with E-state index in [2.05, 4.69) is 50.7 Å². The molecule has 2 aliphatic rings. The Kier molecular flexibility index (Phi) is 10.5. The van der Waals surface area contributed by atoms with Crippen molar-refractivity contribution >= 4 is 50.8 Å². The van der Waals surface area contributed by atoms with E-state index in [0.717, 1.165) is 53.7 Å². The number of pyridine rings is 1. The summed E-state index contributed by atoms with van der Waals surface area (Å²) in [6.07, 6.45) is 1.99.